The van der Waals surface area contributed by atoms with Crippen molar-refractivity contribution in [1.82, 2.24) is 10.6 Å². The first kappa shape index (κ1) is 21.5. The molecule has 1 aromatic carbocycles. The summed E-state index contributed by atoms with van der Waals surface area (Å²) in [5.74, 6) is -0.222. The van der Waals surface area contributed by atoms with E-state index < -0.39 is 11.7 Å². The van der Waals surface area contributed by atoms with Crippen LogP contribution in [-0.4, -0.2) is 34.9 Å². The molecule has 0 saturated heterocycles. The van der Waals surface area contributed by atoms with Crippen molar-refractivity contribution >= 4 is 23.6 Å². The Balaban J connectivity index is 1.97. The normalized spacial score (nSPS) is 21.3. The molecule has 2 amide bonds. The highest BCUT2D eigenvalue weighted by Gasteiger charge is 2.23. The SMILES string of the molecule is C[C@H](NC(=O)OC(C)(C)C)c1ccc(C(=O)NC2CCC(O)CC2)c(Cl)c1. The Kier molecular flexibility index (Phi) is 7.12. The minimum Gasteiger partial charge on any atom is -0.444 e. The van der Waals surface area contributed by atoms with E-state index in [4.69, 9.17) is 16.3 Å². The summed E-state index contributed by atoms with van der Waals surface area (Å²) < 4.78 is 5.25. The number of rotatable bonds is 4. The van der Waals surface area contributed by atoms with Crippen LogP contribution in [0.1, 0.15) is 75.3 Å². The summed E-state index contributed by atoms with van der Waals surface area (Å²) in [4.78, 5) is 24.4. The summed E-state index contributed by atoms with van der Waals surface area (Å²) in [5, 5.41) is 15.6. The van der Waals surface area contributed by atoms with Gasteiger partial charge >= 0.3 is 6.09 Å². The molecule has 0 heterocycles. The van der Waals surface area contributed by atoms with Gasteiger partial charge in [0.15, 0.2) is 0 Å². The number of ether oxygens (including phenoxy) is 1. The number of hydrogen-bond acceptors (Lipinski definition) is 4. The number of halogens is 1. The average molecular weight is 397 g/mol. The van der Waals surface area contributed by atoms with Crippen LogP contribution in [0.5, 0.6) is 0 Å². The van der Waals surface area contributed by atoms with Crippen LogP contribution in [0.3, 0.4) is 0 Å². The fraction of sp³-hybridized carbons (Fsp3) is 0.600. The Labute approximate surface area is 165 Å². The Morgan fingerprint density at radius 2 is 1.85 bits per heavy atom. The summed E-state index contributed by atoms with van der Waals surface area (Å²) in [6, 6.07) is 4.87. The van der Waals surface area contributed by atoms with Crippen LogP contribution < -0.4 is 10.6 Å². The van der Waals surface area contributed by atoms with Gasteiger partial charge in [-0.25, -0.2) is 4.79 Å². The number of alkyl carbamates (subject to hydrolysis) is 1. The van der Waals surface area contributed by atoms with Crippen molar-refractivity contribution in [2.45, 2.75) is 77.2 Å². The highest BCUT2D eigenvalue weighted by atomic mass is 35.5. The maximum absolute atomic E-state index is 12.5. The molecule has 0 aliphatic heterocycles. The van der Waals surface area contributed by atoms with E-state index in [0.717, 1.165) is 18.4 Å². The van der Waals surface area contributed by atoms with Gasteiger partial charge in [-0.15, -0.1) is 0 Å². The molecule has 0 unspecified atom stereocenters. The summed E-state index contributed by atoms with van der Waals surface area (Å²) >= 11 is 6.31. The highest BCUT2D eigenvalue weighted by Crippen LogP contribution is 2.24. The van der Waals surface area contributed by atoms with Gasteiger partial charge in [-0.2, -0.15) is 0 Å². The minimum absolute atomic E-state index is 0.0596. The number of aliphatic hydroxyl groups excluding tert-OH is 1. The van der Waals surface area contributed by atoms with Crippen molar-refractivity contribution in [3.63, 3.8) is 0 Å². The van der Waals surface area contributed by atoms with Gasteiger partial charge in [0.2, 0.25) is 0 Å². The Bertz CT molecular complexity index is 679. The molecule has 2 rings (SSSR count). The molecule has 1 aliphatic rings. The first-order valence-electron chi connectivity index (χ1n) is 9.33. The van der Waals surface area contributed by atoms with E-state index in [1.807, 2.05) is 6.92 Å². The molecule has 27 heavy (non-hydrogen) atoms. The third kappa shape index (κ3) is 6.70. The second-order valence-electron chi connectivity index (χ2n) is 8.09. The molecule has 0 aromatic heterocycles. The number of hydrogen-bond donors (Lipinski definition) is 3. The zero-order valence-corrected chi connectivity index (χ0v) is 17.1. The van der Waals surface area contributed by atoms with Crippen molar-refractivity contribution < 1.29 is 19.4 Å². The van der Waals surface area contributed by atoms with Crippen LogP contribution in [0.25, 0.3) is 0 Å². The van der Waals surface area contributed by atoms with Gasteiger partial charge < -0.3 is 20.5 Å². The van der Waals surface area contributed by atoms with E-state index in [2.05, 4.69) is 10.6 Å². The predicted octanol–water partition coefficient (Wildman–Crippen LogP) is 3.96. The largest absolute Gasteiger partial charge is 0.444 e. The summed E-state index contributed by atoms with van der Waals surface area (Å²) in [6.45, 7) is 7.22. The van der Waals surface area contributed by atoms with Crippen LogP contribution in [0.4, 0.5) is 4.79 Å². The zero-order valence-electron chi connectivity index (χ0n) is 16.3. The third-order valence-corrected chi connectivity index (χ3v) is 4.82. The van der Waals surface area contributed by atoms with Crippen LogP contribution in [0.2, 0.25) is 5.02 Å². The van der Waals surface area contributed by atoms with Gasteiger partial charge in [0.05, 0.1) is 22.7 Å². The lowest BCUT2D eigenvalue weighted by atomic mass is 9.93. The maximum Gasteiger partial charge on any atom is 0.408 e. The van der Waals surface area contributed by atoms with Crippen molar-refractivity contribution in [3.05, 3.63) is 34.3 Å². The van der Waals surface area contributed by atoms with Crippen LogP contribution in [-0.2, 0) is 4.74 Å². The van der Waals surface area contributed by atoms with E-state index in [9.17, 15) is 14.7 Å². The topological polar surface area (TPSA) is 87.7 Å². The third-order valence-electron chi connectivity index (χ3n) is 4.50. The Hall–Kier alpha value is -1.79. The lowest BCUT2D eigenvalue weighted by Crippen LogP contribution is -2.38. The van der Waals surface area contributed by atoms with Crippen molar-refractivity contribution in [2.24, 2.45) is 0 Å². The number of carbonyl (C=O) groups excluding carboxylic acids is 2. The van der Waals surface area contributed by atoms with E-state index in [1.54, 1.807) is 39.0 Å². The van der Waals surface area contributed by atoms with Gasteiger partial charge in [0, 0.05) is 6.04 Å². The van der Waals surface area contributed by atoms with Crippen LogP contribution >= 0.6 is 11.6 Å². The van der Waals surface area contributed by atoms with E-state index in [1.165, 1.54) is 0 Å². The summed E-state index contributed by atoms with van der Waals surface area (Å²) in [7, 11) is 0. The molecular weight excluding hydrogens is 368 g/mol. The second-order valence-corrected chi connectivity index (χ2v) is 8.49. The zero-order chi connectivity index (χ0) is 20.2. The van der Waals surface area contributed by atoms with Crippen LogP contribution in [0, 0.1) is 0 Å². The quantitative estimate of drug-likeness (QED) is 0.718. The van der Waals surface area contributed by atoms with E-state index in [0.29, 0.717) is 23.4 Å². The molecule has 7 heteroatoms. The summed E-state index contributed by atoms with van der Waals surface area (Å²) in [5.41, 5.74) is 0.609. The minimum atomic E-state index is -0.571. The molecule has 0 bridgehead atoms. The highest BCUT2D eigenvalue weighted by molar-refractivity contribution is 6.33. The number of aliphatic hydroxyl groups is 1. The van der Waals surface area contributed by atoms with Gasteiger partial charge in [0.1, 0.15) is 5.60 Å². The second kappa shape index (κ2) is 8.93. The first-order valence-corrected chi connectivity index (χ1v) is 9.71. The number of carbonyl (C=O) groups is 2. The molecule has 1 fully saturated rings. The number of amides is 2. The molecule has 1 saturated carbocycles. The number of benzene rings is 1. The van der Waals surface area contributed by atoms with Gasteiger partial charge in [-0.1, -0.05) is 17.7 Å². The fourth-order valence-electron chi connectivity index (χ4n) is 3.04. The Morgan fingerprint density at radius 3 is 2.41 bits per heavy atom. The average Bonchev–Trinajstić information content (AvgIpc) is 2.54. The van der Waals surface area contributed by atoms with Crippen molar-refractivity contribution in [1.29, 1.82) is 0 Å². The molecular formula is C20H29ClN2O4. The molecule has 0 spiro atoms. The molecule has 3 N–H and O–H groups in total. The first-order chi connectivity index (χ1) is 12.5. The predicted molar refractivity (Wildman–Crippen MR) is 105 cm³/mol. The van der Waals surface area contributed by atoms with Crippen molar-refractivity contribution in [3.8, 4) is 0 Å². The molecule has 1 aliphatic carbocycles. The maximum atomic E-state index is 12.5. The van der Waals surface area contributed by atoms with E-state index in [-0.39, 0.29) is 24.1 Å². The molecule has 150 valence electrons. The van der Waals surface area contributed by atoms with Crippen molar-refractivity contribution in [2.75, 3.05) is 0 Å². The van der Waals surface area contributed by atoms with E-state index >= 15 is 0 Å². The summed E-state index contributed by atoms with van der Waals surface area (Å²) in [6.07, 6.45) is 2.16. The van der Waals surface area contributed by atoms with Crippen LogP contribution in [0.15, 0.2) is 18.2 Å². The van der Waals surface area contributed by atoms with Gasteiger partial charge in [-0.3, -0.25) is 4.79 Å². The molecule has 0 radical (unpaired) electrons. The molecule has 1 atom stereocenters. The standard InChI is InChI=1S/C20H29ClN2O4/c1-12(22-19(26)27-20(2,3)4)13-5-10-16(17(21)11-13)18(25)23-14-6-8-15(24)9-7-14/h5,10-12,14-15,24H,6-9H2,1-4H3,(H,22,26)(H,23,25)/t12-,14?,15?/m0/s1. The molecule has 1 aromatic rings. The molecule has 6 nitrogen and oxygen atoms in total. The lowest BCUT2D eigenvalue weighted by Gasteiger charge is -2.26. The smallest absolute Gasteiger partial charge is 0.408 e. The fourth-order valence-corrected chi connectivity index (χ4v) is 3.31. The van der Waals surface area contributed by atoms with Gasteiger partial charge in [-0.05, 0) is 71.1 Å². The number of nitrogens with one attached hydrogen (secondary N) is 2. The monoisotopic (exact) mass is 396 g/mol. The Morgan fingerprint density at radius 1 is 1.22 bits per heavy atom. The lowest BCUT2D eigenvalue weighted by molar-refractivity contribution is 0.0507. The van der Waals surface area contributed by atoms with Gasteiger partial charge in [0.25, 0.3) is 5.91 Å².